The number of furan rings is 1. The molecule has 0 saturated carbocycles. The molecule has 0 aliphatic carbocycles. The molecule has 0 N–H and O–H groups in total. The molecule has 5 heteroatoms. The van der Waals surface area contributed by atoms with Crippen LogP contribution in [-0.2, 0) is 0 Å². The van der Waals surface area contributed by atoms with E-state index in [1.54, 1.807) is 0 Å². The Morgan fingerprint density at radius 1 is 0.297 bits per heavy atom. The number of benzene rings is 10. The molecule has 0 spiro atoms. The number of rotatable bonds is 6. The van der Waals surface area contributed by atoms with E-state index in [2.05, 4.69) is 211 Å². The lowest BCUT2D eigenvalue weighted by Gasteiger charge is -2.16. The molecule has 0 amide bonds. The van der Waals surface area contributed by atoms with E-state index in [0.29, 0.717) is 17.5 Å². The molecule has 10 aromatic carbocycles. The van der Waals surface area contributed by atoms with Gasteiger partial charge in [0.2, 0.25) is 0 Å². The van der Waals surface area contributed by atoms with Crippen LogP contribution in [0.25, 0.3) is 127 Å². The van der Waals surface area contributed by atoms with Gasteiger partial charge in [0.1, 0.15) is 11.3 Å². The molecule has 0 bridgehead atoms. The second-order valence-corrected chi connectivity index (χ2v) is 16.4. The van der Waals surface area contributed by atoms with Crippen LogP contribution in [0.3, 0.4) is 0 Å². The Labute approximate surface area is 368 Å². The first-order valence-electron chi connectivity index (χ1n) is 21.6. The Kier molecular flexibility index (Phi) is 8.15. The van der Waals surface area contributed by atoms with Crippen LogP contribution in [-0.4, -0.2) is 19.5 Å². The molecule has 13 aromatic rings. The molecule has 0 fully saturated rings. The molecule has 5 nitrogen and oxygen atoms in total. The number of hydrogen-bond acceptors (Lipinski definition) is 4. The van der Waals surface area contributed by atoms with Crippen molar-refractivity contribution in [3.05, 3.63) is 218 Å². The number of hydrogen-bond donors (Lipinski definition) is 0. The van der Waals surface area contributed by atoms with Crippen molar-refractivity contribution >= 4 is 65.3 Å². The van der Waals surface area contributed by atoms with Gasteiger partial charge in [-0.05, 0) is 86.9 Å². The lowest BCUT2D eigenvalue weighted by molar-refractivity contribution is 0.670. The molecular formula is C59H36N4O. The first kappa shape index (κ1) is 36.0. The van der Waals surface area contributed by atoms with Crippen LogP contribution in [0.5, 0.6) is 0 Å². The molecule has 3 heterocycles. The van der Waals surface area contributed by atoms with E-state index in [1.165, 1.54) is 5.39 Å². The van der Waals surface area contributed by atoms with Crippen molar-refractivity contribution < 1.29 is 4.42 Å². The maximum atomic E-state index is 7.24. The zero-order chi connectivity index (χ0) is 42.1. The second-order valence-electron chi connectivity index (χ2n) is 16.4. The van der Waals surface area contributed by atoms with Crippen LogP contribution in [0.2, 0.25) is 0 Å². The van der Waals surface area contributed by atoms with Crippen molar-refractivity contribution in [2.24, 2.45) is 0 Å². The van der Waals surface area contributed by atoms with Crippen molar-refractivity contribution in [3.8, 4) is 62.1 Å². The quantitative estimate of drug-likeness (QED) is 0.168. The average Bonchev–Trinajstić information content (AvgIpc) is 3.91. The van der Waals surface area contributed by atoms with E-state index in [1.807, 2.05) is 12.1 Å². The number of aromatic nitrogens is 4. The van der Waals surface area contributed by atoms with Gasteiger partial charge in [0.15, 0.2) is 23.1 Å². The highest BCUT2D eigenvalue weighted by Gasteiger charge is 2.25. The SMILES string of the molecule is c1ccc(-c2cccc(-c3nc(-c4cccc(-c5ccccc5)c4)nc(-c4ccc5c(oc6c7ccccc7ccc56)c4-n4c5ccccc5c5cc6ccccc6cc54)n3)c2)cc1. The molecule has 0 radical (unpaired) electrons. The van der Waals surface area contributed by atoms with E-state index < -0.39 is 0 Å². The van der Waals surface area contributed by atoms with Gasteiger partial charge in [-0.2, -0.15) is 0 Å². The normalized spacial score (nSPS) is 11.8. The van der Waals surface area contributed by atoms with Gasteiger partial charge in [-0.15, -0.1) is 0 Å². The Hall–Kier alpha value is -8.67. The maximum Gasteiger partial charge on any atom is 0.166 e. The smallest absolute Gasteiger partial charge is 0.166 e. The van der Waals surface area contributed by atoms with Gasteiger partial charge in [-0.3, -0.25) is 0 Å². The molecule has 3 aromatic heterocycles. The summed E-state index contributed by atoms with van der Waals surface area (Å²) in [4.78, 5) is 16.1. The van der Waals surface area contributed by atoms with Crippen molar-refractivity contribution in [2.75, 3.05) is 0 Å². The van der Waals surface area contributed by atoms with E-state index in [-0.39, 0.29) is 0 Å². The zero-order valence-electron chi connectivity index (χ0n) is 34.5. The van der Waals surface area contributed by atoms with Crippen molar-refractivity contribution in [2.45, 2.75) is 0 Å². The first-order valence-corrected chi connectivity index (χ1v) is 21.6. The van der Waals surface area contributed by atoms with Gasteiger partial charge in [-0.1, -0.05) is 170 Å². The van der Waals surface area contributed by atoms with Gasteiger partial charge in [-0.25, -0.2) is 15.0 Å². The third-order valence-corrected chi connectivity index (χ3v) is 12.6. The highest BCUT2D eigenvalue weighted by molar-refractivity contribution is 6.19. The van der Waals surface area contributed by atoms with Crippen molar-refractivity contribution in [3.63, 3.8) is 0 Å². The van der Waals surface area contributed by atoms with Gasteiger partial charge in [0.05, 0.1) is 11.0 Å². The Bertz CT molecular complexity index is 3860. The van der Waals surface area contributed by atoms with Crippen molar-refractivity contribution in [1.29, 1.82) is 0 Å². The maximum absolute atomic E-state index is 7.24. The Balaban J connectivity index is 1.14. The highest BCUT2D eigenvalue weighted by atomic mass is 16.3. The minimum absolute atomic E-state index is 0.546. The minimum atomic E-state index is 0.546. The third-order valence-electron chi connectivity index (χ3n) is 12.6. The fourth-order valence-corrected chi connectivity index (χ4v) is 9.54. The molecule has 0 saturated heterocycles. The summed E-state index contributed by atoms with van der Waals surface area (Å²) in [6.45, 7) is 0. The van der Waals surface area contributed by atoms with Gasteiger partial charge >= 0.3 is 0 Å². The van der Waals surface area contributed by atoms with Crippen LogP contribution >= 0.6 is 0 Å². The predicted molar refractivity (Wildman–Crippen MR) is 264 cm³/mol. The van der Waals surface area contributed by atoms with Crippen LogP contribution < -0.4 is 0 Å². The third kappa shape index (κ3) is 5.83. The summed E-state index contributed by atoms with van der Waals surface area (Å²) in [7, 11) is 0. The molecule has 298 valence electrons. The zero-order valence-corrected chi connectivity index (χ0v) is 34.5. The van der Waals surface area contributed by atoms with Crippen molar-refractivity contribution in [1.82, 2.24) is 19.5 Å². The molecule has 64 heavy (non-hydrogen) atoms. The Morgan fingerprint density at radius 2 is 0.812 bits per heavy atom. The summed E-state index contributed by atoms with van der Waals surface area (Å²) >= 11 is 0. The summed E-state index contributed by atoms with van der Waals surface area (Å²) in [5, 5.41) is 8.93. The summed E-state index contributed by atoms with van der Waals surface area (Å²) < 4.78 is 9.60. The van der Waals surface area contributed by atoms with E-state index in [0.717, 1.165) is 105 Å². The van der Waals surface area contributed by atoms with E-state index in [4.69, 9.17) is 19.4 Å². The number of fused-ring (bicyclic) bond motifs is 9. The average molecular weight is 817 g/mol. The fourth-order valence-electron chi connectivity index (χ4n) is 9.54. The molecule has 13 rings (SSSR count). The second kappa shape index (κ2) is 14.5. The topological polar surface area (TPSA) is 56.7 Å². The van der Waals surface area contributed by atoms with Crippen LogP contribution in [0.1, 0.15) is 0 Å². The molecular weight excluding hydrogens is 781 g/mol. The summed E-state index contributed by atoms with van der Waals surface area (Å²) in [5.41, 5.74) is 11.7. The number of nitrogens with zero attached hydrogens (tertiary/aromatic N) is 4. The van der Waals surface area contributed by atoms with Crippen LogP contribution in [0.15, 0.2) is 223 Å². The molecule has 0 unspecified atom stereocenters. The van der Waals surface area contributed by atoms with Gasteiger partial charge in [0, 0.05) is 43.6 Å². The van der Waals surface area contributed by atoms with Crippen LogP contribution in [0, 0.1) is 0 Å². The fraction of sp³-hybridized carbons (Fsp3) is 0. The first-order chi connectivity index (χ1) is 31.7. The summed E-state index contributed by atoms with van der Waals surface area (Å²) in [5.74, 6) is 1.71. The lowest BCUT2D eigenvalue weighted by Crippen LogP contribution is -2.04. The van der Waals surface area contributed by atoms with Crippen LogP contribution in [0.4, 0.5) is 0 Å². The number of para-hydroxylation sites is 1. The van der Waals surface area contributed by atoms with E-state index >= 15 is 0 Å². The molecule has 0 aliphatic rings. The monoisotopic (exact) mass is 816 g/mol. The summed E-state index contributed by atoms with van der Waals surface area (Å²) in [6, 6.07) is 76.8. The highest BCUT2D eigenvalue weighted by Crippen LogP contribution is 2.45. The van der Waals surface area contributed by atoms with Gasteiger partial charge in [0.25, 0.3) is 0 Å². The molecule has 0 atom stereocenters. The van der Waals surface area contributed by atoms with E-state index in [9.17, 15) is 0 Å². The largest absolute Gasteiger partial charge is 0.453 e. The molecule has 0 aliphatic heterocycles. The standard InChI is InChI=1S/C59H36N4O/c1-3-15-37(16-4-1)40-22-13-24-44(33-40)57-60-58(45-25-14-23-41(34-45)38-17-5-2-6-18-38)62-59(61-57)50-32-31-49-48-30-29-39-19-9-10-26-46(39)55(48)64-56(49)54(50)63-52-28-12-11-27-47(52)51-35-42-20-7-8-21-43(42)36-53(51)63/h1-36H. The van der Waals surface area contributed by atoms with Gasteiger partial charge < -0.3 is 8.98 Å². The predicted octanol–water partition coefficient (Wildman–Crippen LogP) is 15.5. The Morgan fingerprint density at radius 3 is 1.50 bits per heavy atom. The summed E-state index contributed by atoms with van der Waals surface area (Å²) in [6.07, 6.45) is 0. The lowest BCUT2D eigenvalue weighted by atomic mass is 10.0. The minimum Gasteiger partial charge on any atom is -0.453 e.